The zero-order valence-corrected chi connectivity index (χ0v) is 15.2. The normalized spacial score (nSPS) is 10.6. The molecule has 0 heterocycles. The second-order valence-electron chi connectivity index (χ2n) is 4.81. The van der Waals surface area contributed by atoms with Gasteiger partial charge in [0.05, 0.1) is 40.8 Å². The van der Waals surface area contributed by atoms with Crippen molar-refractivity contribution in [3.63, 3.8) is 0 Å². The third kappa shape index (κ3) is 4.25. The number of halogens is 1. The van der Waals surface area contributed by atoms with Crippen LogP contribution in [0.25, 0.3) is 0 Å². The summed E-state index contributed by atoms with van der Waals surface area (Å²) in [5.74, 6) is 1.05. The summed E-state index contributed by atoms with van der Waals surface area (Å²) in [4.78, 5) is 20.4. The molecular weight excluding hydrogens is 412 g/mol. The van der Waals surface area contributed by atoms with Crippen LogP contribution in [0.3, 0.4) is 0 Å². The van der Waals surface area contributed by atoms with Gasteiger partial charge in [-0.25, -0.2) is 0 Å². The van der Waals surface area contributed by atoms with Crippen LogP contribution in [-0.2, 0) is 0 Å². The number of nitrogens with one attached hydrogen (secondary N) is 1. The van der Waals surface area contributed by atoms with Crippen LogP contribution in [0.15, 0.2) is 39.9 Å². The van der Waals surface area contributed by atoms with Gasteiger partial charge in [-0.15, -0.1) is 0 Å². The largest absolute Gasteiger partial charge is 0.496 e. The third-order valence-corrected chi connectivity index (χ3v) is 3.90. The first kappa shape index (κ1) is 19.1. The van der Waals surface area contributed by atoms with E-state index in [9.17, 15) is 20.2 Å². The Morgan fingerprint density at radius 3 is 2.35 bits per heavy atom. The first-order valence-electron chi connectivity index (χ1n) is 7.00. The van der Waals surface area contributed by atoms with Crippen LogP contribution < -0.4 is 14.9 Å². The highest BCUT2D eigenvalue weighted by molar-refractivity contribution is 9.10. The number of nitro benzene ring substituents is 2. The summed E-state index contributed by atoms with van der Waals surface area (Å²) >= 11 is 3.34. The van der Waals surface area contributed by atoms with Gasteiger partial charge < -0.3 is 9.47 Å². The lowest BCUT2D eigenvalue weighted by Crippen LogP contribution is -1.99. The molecule has 136 valence electrons. The van der Waals surface area contributed by atoms with Crippen molar-refractivity contribution in [2.75, 3.05) is 19.6 Å². The Morgan fingerprint density at radius 1 is 1.08 bits per heavy atom. The van der Waals surface area contributed by atoms with E-state index in [4.69, 9.17) is 9.47 Å². The average Bonchev–Trinajstić information content (AvgIpc) is 2.61. The molecule has 2 rings (SSSR count). The summed E-state index contributed by atoms with van der Waals surface area (Å²) in [6.07, 6.45) is 1.40. The number of methoxy groups -OCH3 is 2. The molecular formula is C15H13BrN4O6. The minimum atomic E-state index is -0.727. The number of hydrogen-bond donors (Lipinski definition) is 1. The van der Waals surface area contributed by atoms with Crippen LogP contribution in [0.2, 0.25) is 0 Å². The van der Waals surface area contributed by atoms with E-state index in [-0.39, 0.29) is 11.4 Å². The lowest BCUT2D eigenvalue weighted by atomic mass is 10.2. The van der Waals surface area contributed by atoms with Crippen LogP contribution in [0.1, 0.15) is 5.56 Å². The smallest absolute Gasteiger partial charge is 0.301 e. The fraction of sp³-hybridized carbons (Fsp3) is 0.133. The summed E-state index contributed by atoms with van der Waals surface area (Å²) in [5.41, 5.74) is 2.27. The first-order valence-corrected chi connectivity index (χ1v) is 7.80. The molecule has 0 atom stereocenters. The lowest BCUT2D eigenvalue weighted by molar-refractivity contribution is -0.393. The molecule has 0 fully saturated rings. The third-order valence-electron chi connectivity index (χ3n) is 3.28. The molecule has 10 nitrogen and oxygen atoms in total. The zero-order chi connectivity index (χ0) is 19.3. The number of anilines is 1. The molecule has 0 unspecified atom stereocenters. The fourth-order valence-electron chi connectivity index (χ4n) is 2.03. The van der Waals surface area contributed by atoms with Crippen molar-refractivity contribution in [3.05, 3.63) is 60.6 Å². The van der Waals surface area contributed by atoms with Crippen molar-refractivity contribution < 1.29 is 19.3 Å². The molecule has 1 N–H and O–H groups in total. The Hall–Kier alpha value is -3.21. The maximum atomic E-state index is 11.1. The molecule has 0 aliphatic rings. The van der Waals surface area contributed by atoms with Crippen molar-refractivity contribution >= 4 is 39.2 Å². The average molecular weight is 425 g/mol. The van der Waals surface area contributed by atoms with E-state index in [1.807, 2.05) is 0 Å². The maximum absolute atomic E-state index is 11.1. The fourth-order valence-corrected chi connectivity index (χ4v) is 2.56. The summed E-state index contributed by atoms with van der Waals surface area (Å²) in [5, 5.41) is 25.8. The number of hydrazone groups is 1. The van der Waals surface area contributed by atoms with Crippen molar-refractivity contribution in [3.8, 4) is 11.5 Å². The minimum Gasteiger partial charge on any atom is -0.496 e. The van der Waals surface area contributed by atoms with Gasteiger partial charge in [0.2, 0.25) is 0 Å². The second-order valence-corrected chi connectivity index (χ2v) is 5.67. The Kier molecular flexibility index (Phi) is 6.07. The number of nitrogens with zero attached hydrogens (tertiary/aromatic N) is 3. The topological polar surface area (TPSA) is 129 Å². The molecule has 0 saturated carbocycles. The van der Waals surface area contributed by atoms with Crippen molar-refractivity contribution in [1.82, 2.24) is 0 Å². The van der Waals surface area contributed by atoms with Crippen LogP contribution in [0.4, 0.5) is 17.1 Å². The number of non-ortho nitro benzene ring substituents is 1. The lowest BCUT2D eigenvalue weighted by Gasteiger charge is -2.09. The molecule has 11 heteroatoms. The highest BCUT2D eigenvalue weighted by atomic mass is 79.9. The van der Waals surface area contributed by atoms with Crippen LogP contribution >= 0.6 is 15.9 Å². The van der Waals surface area contributed by atoms with Crippen LogP contribution in [0, 0.1) is 20.2 Å². The molecule has 26 heavy (non-hydrogen) atoms. The van der Waals surface area contributed by atoms with Gasteiger partial charge in [-0.05, 0) is 28.1 Å². The van der Waals surface area contributed by atoms with E-state index < -0.39 is 15.5 Å². The summed E-state index contributed by atoms with van der Waals surface area (Å²) in [7, 11) is 3.00. The van der Waals surface area contributed by atoms with Crippen molar-refractivity contribution in [1.29, 1.82) is 0 Å². The number of hydrogen-bond acceptors (Lipinski definition) is 8. The molecule has 0 aromatic heterocycles. The summed E-state index contributed by atoms with van der Waals surface area (Å²) in [6, 6.07) is 6.58. The highest BCUT2D eigenvalue weighted by Crippen LogP contribution is 2.32. The van der Waals surface area contributed by atoms with E-state index in [1.54, 1.807) is 12.1 Å². The molecule has 2 aromatic rings. The Balaban J connectivity index is 2.30. The van der Waals surface area contributed by atoms with Crippen LogP contribution in [0.5, 0.6) is 11.5 Å². The molecule has 0 spiro atoms. The molecule has 0 aliphatic carbocycles. The summed E-state index contributed by atoms with van der Waals surface area (Å²) in [6.45, 7) is 0. The quantitative estimate of drug-likeness (QED) is 0.407. The molecule has 0 amide bonds. The van der Waals surface area contributed by atoms with Crippen molar-refractivity contribution in [2.24, 2.45) is 5.10 Å². The Bertz CT molecular complexity index is 887. The van der Waals surface area contributed by atoms with Gasteiger partial charge in [0.25, 0.3) is 5.69 Å². The molecule has 0 radical (unpaired) electrons. The summed E-state index contributed by atoms with van der Waals surface area (Å²) < 4.78 is 11.1. The van der Waals surface area contributed by atoms with E-state index in [1.165, 1.54) is 26.5 Å². The van der Waals surface area contributed by atoms with Crippen LogP contribution in [-0.4, -0.2) is 30.3 Å². The van der Waals surface area contributed by atoms with Gasteiger partial charge in [-0.1, -0.05) is 0 Å². The van der Waals surface area contributed by atoms with Gasteiger partial charge in [0, 0.05) is 17.7 Å². The number of rotatable bonds is 7. The number of benzene rings is 2. The zero-order valence-electron chi connectivity index (χ0n) is 13.6. The monoisotopic (exact) mass is 424 g/mol. The Morgan fingerprint density at radius 2 is 1.77 bits per heavy atom. The maximum Gasteiger partial charge on any atom is 0.301 e. The number of ether oxygens (including phenoxy) is 2. The van der Waals surface area contributed by atoms with E-state index in [2.05, 4.69) is 26.5 Å². The van der Waals surface area contributed by atoms with Gasteiger partial charge in [0.1, 0.15) is 17.2 Å². The molecule has 0 saturated heterocycles. The van der Waals surface area contributed by atoms with Gasteiger partial charge >= 0.3 is 5.69 Å². The molecule has 0 aliphatic heterocycles. The molecule has 0 bridgehead atoms. The van der Waals surface area contributed by atoms with E-state index in [0.29, 0.717) is 21.5 Å². The SMILES string of the molecule is COc1cc(OC)c(/C=N/Nc2ccc([N+](=O)[O-])cc2[N+](=O)[O-])cc1Br. The van der Waals surface area contributed by atoms with Crippen molar-refractivity contribution in [2.45, 2.75) is 0 Å². The van der Waals surface area contributed by atoms with E-state index >= 15 is 0 Å². The standard InChI is InChI=1S/C15H13BrN4O6/c1-25-14-7-15(26-2)11(16)5-9(14)8-17-18-12-4-3-10(19(21)22)6-13(12)20(23)24/h3-8,18H,1-2H3/b17-8+. The highest BCUT2D eigenvalue weighted by Gasteiger charge is 2.19. The molecule has 2 aromatic carbocycles. The second kappa shape index (κ2) is 8.25. The predicted octanol–water partition coefficient (Wildman–Crippen LogP) is 3.73. The number of nitro groups is 2. The first-order chi connectivity index (χ1) is 12.4. The van der Waals surface area contributed by atoms with Gasteiger partial charge in [-0.3, -0.25) is 25.7 Å². The predicted molar refractivity (Wildman–Crippen MR) is 98.2 cm³/mol. The van der Waals surface area contributed by atoms with Gasteiger partial charge in [0.15, 0.2) is 0 Å². The minimum absolute atomic E-state index is 0.0170. The Labute approximate surface area is 155 Å². The van der Waals surface area contributed by atoms with E-state index in [0.717, 1.165) is 12.1 Å². The van der Waals surface area contributed by atoms with Gasteiger partial charge in [-0.2, -0.15) is 5.10 Å².